The molecule has 1 N–H and O–H groups in total. The van der Waals surface area contributed by atoms with E-state index in [4.69, 9.17) is 0 Å². The van der Waals surface area contributed by atoms with E-state index in [1.165, 1.54) is 6.07 Å². The van der Waals surface area contributed by atoms with Crippen molar-refractivity contribution in [1.29, 1.82) is 0 Å². The fraction of sp³-hybridized carbons (Fsp3) is 0.647. The largest absolute Gasteiger partial charge is 0.316 e. The number of rotatable bonds is 6. The van der Waals surface area contributed by atoms with Crippen molar-refractivity contribution >= 4 is 0 Å². The molecule has 0 heterocycles. The standard InChI is InChI=1S/C17H28FN/c1-13(2)11-19-12-15(17(3,4)5)9-14-7-6-8-16(18)10-14/h6-8,10,13,15,19H,9,11-12H2,1-5H3. The summed E-state index contributed by atoms with van der Waals surface area (Å²) in [4.78, 5) is 0. The Kier molecular flexibility index (Phi) is 5.99. The van der Waals surface area contributed by atoms with E-state index in [9.17, 15) is 4.39 Å². The quantitative estimate of drug-likeness (QED) is 0.809. The maximum atomic E-state index is 13.3. The molecule has 19 heavy (non-hydrogen) atoms. The van der Waals surface area contributed by atoms with Crippen LogP contribution >= 0.6 is 0 Å². The third-order valence-corrected chi connectivity index (χ3v) is 3.54. The summed E-state index contributed by atoms with van der Waals surface area (Å²) in [5.74, 6) is 1.03. The van der Waals surface area contributed by atoms with Gasteiger partial charge in [0.1, 0.15) is 5.82 Å². The van der Waals surface area contributed by atoms with E-state index in [1.54, 1.807) is 12.1 Å². The molecule has 0 aliphatic carbocycles. The molecule has 0 aromatic heterocycles. The van der Waals surface area contributed by atoms with Crippen molar-refractivity contribution in [2.75, 3.05) is 13.1 Å². The van der Waals surface area contributed by atoms with Gasteiger partial charge in [-0.2, -0.15) is 0 Å². The predicted molar refractivity (Wildman–Crippen MR) is 80.8 cm³/mol. The van der Waals surface area contributed by atoms with Gasteiger partial charge < -0.3 is 5.32 Å². The molecule has 0 amide bonds. The lowest BCUT2D eigenvalue weighted by Gasteiger charge is -2.31. The van der Waals surface area contributed by atoms with Crippen LogP contribution in [0.15, 0.2) is 24.3 Å². The van der Waals surface area contributed by atoms with E-state index < -0.39 is 0 Å². The average Bonchev–Trinajstić information content (AvgIpc) is 2.26. The molecular formula is C17H28FN. The van der Waals surface area contributed by atoms with E-state index in [0.717, 1.165) is 25.1 Å². The second-order valence-corrected chi connectivity index (χ2v) is 6.95. The summed E-state index contributed by atoms with van der Waals surface area (Å²) in [5.41, 5.74) is 1.31. The molecule has 108 valence electrons. The highest BCUT2D eigenvalue weighted by atomic mass is 19.1. The summed E-state index contributed by atoms with van der Waals surface area (Å²) in [5, 5.41) is 3.53. The van der Waals surface area contributed by atoms with Gasteiger partial charge in [0.15, 0.2) is 0 Å². The second-order valence-electron chi connectivity index (χ2n) is 6.95. The van der Waals surface area contributed by atoms with Crippen LogP contribution < -0.4 is 5.32 Å². The molecule has 0 fully saturated rings. The first kappa shape index (κ1) is 16.2. The van der Waals surface area contributed by atoms with E-state index in [-0.39, 0.29) is 11.2 Å². The molecule has 0 spiro atoms. The Bertz CT molecular complexity index is 379. The molecule has 0 radical (unpaired) electrons. The van der Waals surface area contributed by atoms with Gasteiger partial charge in [0.25, 0.3) is 0 Å². The monoisotopic (exact) mass is 265 g/mol. The molecule has 1 aromatic carbocycles. The number of hydrogen-bond donors (Lipinski definition) is 1. The summed E-state index contributed by atoms with van der Waals surface area (Å²) >= 11 is 0. The zero-order valence-corrected chi connectivity index (χ0v) is 13.0. The van der Waals surface area contributed by atoms with Crippen LogP contribution in [0.3, 0.4) is 0 Å². The summed E-state index contributed by atoms with van der Waals surface area (Å²) in [6.45, 7) is 13.2. The Balaban J connectivity index is 2.65. The van der Waals surface area contributed by atoms with Crippen LogP contribution in [0.2, 0.25) is 0 Å². The van der Waals surface area contributed by atoms with Crippen LogP contribution in [0, 0.1) is 23.1 Å². The number of nitrogens with one attached hydrogen (secondary N) is 1. The number of halogens is 1. The van der Waals surface area contributed by atoms with Crippen molar-refractivity contribution < 1.29 is 4.39 Å². The minimum atomic E-state index is -0.139. The fourth-order valence-electron chi connectivity index (χ4n) is 2.18. The molecule has 1 rings (SSSR count). The Hall–Kier alpha value is -0.890. The normalized spacial score (nSPS) is 13.8. The Labute approximate surface area is 117 Å². The summed E-state index contributed by atoms with van der Waals surface area (Å²) in [6.07, 6.45) is 0.923. The van der Waals surface area contributed by atoms with Crippen LogP contribution in [0.4, 0.5) is 4.39 Å². The minimum Gasteiger partial charge on any atom is -0.316 e. The first-order valence-corrected chi connectivity index (χ1v) is 7.24. The lowest BCUT2D eigenvalue weighted by molar-refractivity contribution is 0.228. The van der Waals surface area contributed by atoms with Gasteiger partial charge in [0.2, 0.25) is 0 Å². The summed E-state index contributed by atoms with van der Waals surface area (Å²) < 4.78 is 13.3. The van der Waals surface area contributed by atoms with E-state index >= 15 is 0 Å². The zero-order chi connectivity index (χ0) is 14.5. The number of benzene rings is 1. The smallest absolute Gasteiger partial charge is 0.123 e. The second kappa shape index (κ2) is 7.04. The van der Waals surface area contributed by atoms with Gasteiger partial charge in [-0.05, 0) is 54.5 Å². The van der Waals surface area contributed by atoms with Crippen LogP contribution in [-0.4, -0.2) is 13.1 Å². The maximum absolute atomic E-state index is 13.3. The Morgan fingerprint density at radius 2 is 1.84 bits per heavy atom. The lowest BCUT2D eigenvalue weighted by atomic mass is 9.77. The third kappa shape index (κ3) is 6.20. The molecule has 0 bridgehead atoms. The van der Waals surface area contributed by atoms with Crippen molar-refractivity contribution in [2.45, 2.75) is 41.0 Å². The molecule has 1 nitrogen and oxygen atoms in total. The molecule has 1 atom stereocenters. The maximum Gasteiger partial charge on any atom is 0.123 e. The van der Waals surface area contributed by atoms with E-state index in [0.29, 0.717) is 11.8 Å². The molecule has 0 aliphatic heterocycles. The topological polar surface area (TPSA) is 12.0 Å². The van der Waals surface area contributed by atoms with Crippen LogP contribution in [0.5, 0.6) is 0 Å². The SMILES string of the molecule is CC(C)CNCC(Cc1cccc(F)c1)C(C)(C)C. The highest BCUT2D eigenvalue weighted by Crippen LogP contribution is 2.28. The molecular weight excluding hydrogens is 237 g/mol. The first-order chi connectivity index (χ1) is 8.79. The van der Waals surface area contributed by atoms with Crippen molar-refractivity contribution in [2.24, 2.45) is 17.3 Å². The summed E-state index contributed by atoms with van der Waals surface area (Å²) in [6, 6.07) is 6.98. The van der Waals surface area contributed by atoms with Crippen LogP contribution in [-0.2, 0) is 6.42 Å². The molecule has 1 aromatic rings. The van der Waals surface area contributed by atoms with Gasteiger partial charge in [0, 0.05) is 0 Å². The minimum absolute atomic E-state index is 0.139. The van der Waals surface area contributed by atoms with Crippen LogP contribution in [0.1, 0.15) is 40.2 Å². The third-order valence-electron chi connectivity index (χ3n) is 3.54. The van der Waals surface area contributed by atoms with Gasteiger partial charge in [0.05, 0.1) is 0 Å². The molecule has 0 aliphatic rings. The van der Waals surface area contributed by atoms with E-state index in [1.807, 2.05) is 6.07 Å². The van der Waals surface area contributed by atoms with Gasteiger partial charge in [-0.3, -0.25) is 0 Å². The van der Waals surface area contributed by atoms with Gasteiger partial charge in [-0.15, -0.1) is 0 Å². The van der Waals surface area contributed by atoms with Crippen molar-refractivity contribution in [3.8, 4) is 0 Å². The predicted octanol–water partition coefficient (Wildman–Crippen LogP) is 4.28. The molecule has 2 heteroatoms. The average molecular weight is 265 g/mol. The zero-order valence-electron chi connectivity index (χ0n) is 13.0. The highest BCUT2D eigenvalue weighted by Gasteiger charge is 2.24. The Morgan fingerprint density at radius 3 is 2.37 bits per heavy atom. The Morgan fingerprint density at radius 1 is 1.16 bits per heavy atom. The fourth-order valence-corrected chi connectivity index (χ4v) is 2.18. The van der Waals surface area contributed by atoms with Crippen molar-refractivity contribution in [3.63, 3.8) is 0 Å². The van der Waals surface area contributed by atoms with Gasteiger partial charge in [-0.1, -0.05) is 46.8 Å². The van der Waals surface area contributed by atoms with E-state index in [2.05, 4.69) is 39.9 Å². The van der Waals surface area contributed by atoms with Crippen LogP contribution in [0.25, 0.3) is 0 Å². The first-order valence-electron chi connectivity index (χ1n) is 7.24. The molecule has 0 saturated heterocycles. The van der Waals surface area contributed by atoms with Crippen molar-refractivity contribution in [1.82, 2.24) is 5.32 Å². The van der Waals surface area contributed by atoms with Crippen molar-refractivity contribution in [3.05, 3.63) is 35.6 Å². The summed E-state index contributed by atoms with van der Waals surface area (Å²) in [7, 11) is 0. The number of hydrogen-bond acceptors (Lipinski definition) is 1. The highest BCUT2D eigenvalue weighted by molar-refractivity contribution is 5.17. The van der Waals surface area contributed by atoms with Gasteiger partial charge in [-0.25, -0.2) is 4.39 Å². The van der Waals surface area contributed by atoms with Gasteiger partial charge >= 0.3 is 0 Å². The molecule has 0 saturated carbocycles. The lowest BCUT2D eigenvalue weighted by Crippen LogP contribution is -2.35. The molecule has 1 unspecified atom stereocenters.